The predicted octanol–water partition coefficient (Wildman–Crippen LogP) is 6.11. The summed E-state index contributed by atoms with van der Waals surface area (Å²) < 4.78 is 18.7. The van der Waals surface area contributed by atoms with Gasteiger partial charge in [-0.1, -0.05) is 41.9 Å². The first kappa shape index (κ1) is 37.6. The second-order valence-electron chi connectivity index (χ2n) is 14.3. The third kappa shape index (κ3) is 8.65. The van der Waals surface area contributed by atoms with E-state index >= 15 is 0 Å². The summed E-state index contributed by atoms with van der Waals surface area (Å²) in [4.78, 5) is 42.4. The molecule has 4 heterocycles. The van der Waals surface area contributed by atoms with Crippen LogP contribution in [0.25, 0.3) is 0 Å². The van der Waals surface area contributed by atoms with Gasteiger partial charge in [0.05, 0.1) is 24.7 Å². The number of halogens is 1. The fraction of sp³-hybridized carbons (Fsp3) is 0.385. The van der Waals surface area contributed by atoms with Gasteiger partial charge in [-0.3, -0.25) is 24.8 Å². The molecule has 7 rings (SSSR count). The van der Waals surface area contributed by atoms with Gasteiger partial charge in [0, 0.05) is 74.5 Å². The highest BCUT2D eigenvalue weighted by atomic mass is 35.5. The normalized spacial score (nSPS) is 17.7. The number of piperazine rings is 1. The number of imide groups is 1. The second kappa shape index (κ2) is 16.4. The van der Waals surface area contributed by atoms with Gasteiger partial charge in [0.25, 0.3) is 0 Å². The van der Waals surface area contributed by atoms with Crippen molar-refractivity contribution < 1.29 is 18.9 Å². The zero-order chi connectivity index (χ0) is 37.8. The molecule has 3 fully saturated rings. The van der Waals surface area contributed by atoms with Crippen molar-refractivity contribution in [3.63, 3.8) is 0 Å². The first-order valence-corrected chi connectivity index (χ1v) is 21.3. The van der Waals surface area contributed by atoms with Crippen LogP contribution >= 0.6 is 18.7 Å². The second-order valence-corrected chi connectivity index (χ2v) is 17.9. The summed E-state index contributed by atoms with van der Waals surface area (Å²) in [5, 5.41) is 10.0. The van der Waals surface area contributed by atoms with Gasteiger partial charge in [-0.05, 0) is 75.2 Å². The van der Waals surface area contributed by atoms with Gasteiger partial charge in [-0.2, -0.15) is 4.98 Å². The number of nitrogens with one attached hydrogen (secondary N) is 3. The van der Waals surface area contributed by atoms with Crippen molar-refractivity contribution in [3.05, 3.63) is 83.5 Å². The molecule has 0 unspecified atom stereocenters. The van der Waals surface area contributed by atoms with Crippen molar-refractivity contribution in [3.8, 4) is 5.75 Å². The number of likely N-dealkylation sites (tertiary alicyclic amines) is 1. The number of anilines is 6. The number of hydrogen-bond acceptors (Lipinski definition) is 11. The minimum atomic E-state index is -2.54. The molecule has 3 saturated heterocycles. The number of amides is 3. The van der Waals surface area contributed by atoms with Crippen LogP contribution in [0.3, 0.4) is 0 Å². The number of carbonyl (C=O) groups is 2. The molecule has 0 aliphatic carbocycles. The van der Waals surface area contributed by atoms with Crippen LogP contribution in [0.1, 0.15) is 24.8 Å². The number of para-hydroxylation sites is 2. The summed E-state index contributed by atoms with van der Waals surface area (Å²) in [7, 11) is -0.889. The molecule has 0 radical (unpaired) electrons. The number of hydrogen-bond donors (Lipinski definition) is 3. The van der Waals surface area contributed by atoms with Crippen LogP contribution < -0.4 is 35.8 Å². The Kier molecular flexibility index (Phi) is 11.4. The Bertz CT molecular complexity index is 2050. The smallest absolute Gasteiger partial charge is 0.328 e. The van der Waals surface area contributed by atoms with Crippen LogP contribution in [-0.2, 0) is 15.9 Å². The molecule has 284 valence electrons. The molecule has 13 nitrogen and oxygen atoms in total. The van der Waals surface area contributed by atoms with E-state index in [1.165, 1.54) is 6.20 Å². The van der Waals surface area contributed by atoms with E-state index in [1.54, 1.807) is 25.3 Å². The predicted molar refractivity (Wildman–Crippen MR) is 216 cm³/mol. The van der Waals surface area contributed by atoms with E-state index in [9.17, 15) is 14.2 Å². The van der Waals surface area contributed by atoms with Crippen LogP contribution in [0.4, 0.5) is 39.3 Å². The van der Waals surface area contributed by atoms with Gasteiger partial charge in [0.15, 0.2) is 5.82 Å². The number of piperidine rings is 1. The van der Waals surface area contributed by atoms with Gasteiger partial charge in [0.2, 0.25) is 11.9 Å². The van der Waals surface area contributed by atoms with E-state index < -0.39 is 7.14 Å². The van der Waals surface area contributed by atoms with Crippen molar-refractivity contribution in [2.24, 2.45) is 0 Å². The Labute approximate surface area is 321 Å². The molecule has 54 heavy (non-hydrogen) atoms. The minimum absolute atomic E-state index is 0.220. The monoisotopic (exact) mass is 771 g/mol. The molecule has 1 aromatic heterocycles. The molecule has 3 aromatic carbocycles. The van der Waals surface area contributed by atoms with Crippen molar-refractivity contribution in [1.29, 1.82) is 0 Å². The molecule has 0 spiro atoms. The van der Waals surface area contributed by atoms with Crippen LogP contribution in [0.2, 0.25) is 5.02 Å². The van der Waals surface area contributed by atoms with Crippen molar-refractivity contribution in [2.75, 3.05) is 86.7 Å². The maximum absolute atomic E-state index is 12.9. The summed E-state index contributed by atoms with van der Waals surface area (Å²) in [6, 6.07) is 21.8. The number of carbonyl (C=O) groups excluding carboxylic acids is 2. The topological polar surface area (TPSA) is 135 Å². The maximum atomic E-state index is 12.9. The molecule has 3 N–H and O–H groups in total. The van der Waals surface area contributed by atoms with Gasteiger partial charge >= 0.3 is 6.03 Å². The standard InChI is InChI=1S/C39H47ClN9O4P/c1-53-34-24-29(12-13-31(34)43-38-41-25-30(40)37(45-38)42-32-9-5-7-11-35(32)54(2,3)52)48-22-20-47(21-23-48)28-14-17-46(18-15-28)26-27-8-4-6-10-33(27)49-19-16-36(50)44-39(49)51/h4-13,24-25,28H,14-23,26H2,1-3H3,(H,44,50,51)(H2,41,42,43,45). The number of benzene rings is 3. The van der Waals surface area contributed by atoms with E-state index in [-0.39, 0.29) is 11.9 Å². The zero-order valence-electron chi connectivity index (χ0n) is 30.9. The van der Waals surface area contributed by atoms with Gasteiger partial charge in [0.1, 0.15) is 17.9 Å². The third-order valence-corrected chi connectivity index (χ3v) is 12.2. The van der Waals surface area contributed by atoms with E-state index in [4.69, 9.17) is 16.3 Å². The highest BCUT2D eigenvalue weighted by Gasteiger charge is 2.30. The number of methoxy groups -OCH3 is 1. The average molecular weight is 772 g/mol. The van der Waals surface area contributed by atoms with Crippen LogP contribution in [0.5, 0.6) is 5.75 Å². The third-order valence-electron chi connectivity index (χ3n) is 10.4. The van der Waals surface area contributed by atoms with E-state index in [2.05, 4.69) is 52.8 Å². The van der Waals surface area contributed by atoms with Gasteiger partial charge in [-0.25, -0.2) is 9.78 Å². The summed E-state index contributed by atoms with van der Waals surface area (Å²) in [6.45, 7) is 10.5. The summed E-state index contributed by atoms with van der Waals surface area (Å²) in [5.74, 6) is 1.21. The molecule has 3 amide bonds. The van der Waals surface area contributed by atoms with E-state index in [1.807, 2.05) is 54.6 Å². The summed E-state index contributed by atoms with van der Waals surface area (Å²) in [6.07, 6.45) is 4.05. The fourth-order valence-corrected chi connectivity index (χ4v) is 8.82. The fourth-order valence-electron chi connectivity index (χ4n) is 7.52. The summed E-state index contributed by atoms with van der Waals surface area (Å²) >= 11 is 6.47. The van der Waals surface area contributed by atoms with Crippen molar-refractivity contribution >= 4 is 70.5 Å². The number of aromatic nitrogens is 2. The summed E-state index contributed by atoms with van der Waals surface area (Å²) in [5.41, 5.74) is 4.50. The van der Waals surface area contributed by atoms with Crippen LogP contribution in [0.15, 0.2) is 72.9 Å². The van der Waals surface area contributed by atoms with Gasteiger partial charge in [-0.15, -0.1) is 0 Å². The Morgan fingerprint density at radius 2 is 1.65 bits per heavy atom. The molecule has 0 saturated carbocycles. The molecule has 15 heteroatoms. The minimum Gasteiger partial charge on any atom is -0.494 e. The SMILES string of the molecule is COc1cc(N2CCN(C3CCN(Cc4ccccc4N4CCC(=O)NC4=O)CC3)CC2)ccc1Nc1ncc(Cl)c(Nc2ccccc2P(C)(C)=O)n1. The number of nitrogens with zero attached hydrogens (tertiary/aromatic N) is 6. The number of ether oxygens (including phenoxy) is 1. The molecule has 3 aliphatic heterocycles. The average Bonchev–Trinajstić information content (AvgIpc) is 3.17. The molecule has 0 bridgehead atoms. The van der Waals surface area contributed by atoms with Crippen molar-refractivity contribution in [2.45, 2.75) is 31.8 Å². The maximum Gasteiger partial charge on any atom is 0.328 e. The van der Waals surface area contributed by atoms with Crippen LogP contribution in [-0.4, -0.2) is 104 Å². The lowest BCUT2D eigenvalue weighted by molar-refractivity contribution is -0.120. The highest BCUT2D eigenvalue weighted by Crippen LogP contribution is 2.39. The number of rotatable bonds is 11. The van der Waals surface area contributed by atoms with Crippen LogP contribution in [0, 0.1) is 0 Å². The molecular weight excluding hydrogens is 725 g/mol. The largest absolute Gasteiger partial charge is 0.494 e. The quantitative estimate of drug-likeness (QED) is 0.153. The Morgan fingerprint density at radius 1 is 0.907 bits per heavy atom. The highest BCUT2D eigenvalue weighted by molar-refractivity contribution is 7.70. The lowest BCUT2D eigenvalue weighted by Gasteiger charge is -2.43. The van der Waals surface area contributed by atoms with E-state index in [0.717, 1.165) is 86.6 Å². The molecule has 3 aliphatic rings. The Morgan fingerprint density at radius 3 is 2.39 bits per heavy atom. The Hall–Kier alpha value is -4.68. The molecule has 0 atom stereocenters. The number of urea groups is 1. The van der Waals surface area contributed by atoms with Gasteiger partial charge < -0.3 is 24.8 Å². The van der Waals surface area contributed by atoms with E-state index in [0.29, 0.717) is 47.2 Å². The first-order valence-electron chi connectivity index (χ1n) is 18.4. The molecule has 4 aromatic rings. The molecular formula is C39H47ClN9O4P. The first-order chi connectivity index (χ1) is 26.1. The lowest BCUT2D eigenvalue weighted by Crippen LogP contribution is -2.53. The van der Waals surface area contributed by atoms with Crippen molar-refractivity contribution in [1.82, 2.24) is 25.1 Å². The zero-order valence-corrected chi connectivity index (χ0v) is 32.6. The Balaban J connectivity index is 0.928. The lowest BCUT2D eigenvalue weighted by atomic mass is 10.0.